The Bertz CT molecular complexity index is 1020. The molecule has 2 aromatic carbocycles. The highest BCUT2D eigenvalue weighted by Crippen LogP contribution is 2.35. The normalized spacial score (nSPS) is 15.8. The molecule has 0 radical (unpaired) electrons. The SMILES string of the molecule is O=C(CCn1c(=O)oc2cc(Cl)ccc21)NC(c1ccccc1)C1CCCC1. The number of nitrogens with one attached hydrogen (secondary N) is 1. The Balaban J connectivity index is 1.47. The predicted molar refractivity (Wildman–Crippen MR) is 109 cm³/mol. The van der Waals surface area contributed by atoms with Crippen molar-refractivity contribution in [3.63, 3.8) is 0 Å². The van der Waals surface area contributed by atoms with Gasteiger partial charge in [0.15, 0.2) is 5.58 Å². The number of aryl methyl sites for hydroxylation is 1. The number of carbonyl (C=O) groups is 1. The first-order chi connectivity index (χ1) is 13.6. The minimum Gasteiger partial charge on any atom is -0.408 e. The van der Waals surface area contributed by atoms with Crippen molar-refractivity contribution in [2.45, 2.75) is 44.7 Å². The molecule has 0 aliphatic heterocycles. The lowest BCUT2D eigenvalue weighted by molar-refractivity contribution is -0.122. The molecule has 0 spiro atoms. The van der Waals surface area contributed by atoms with E-state index >= 15 is 0 Å². The van der Waals surface area contributed by atoms with Crippen LogP contribution in [0.1, 0.15) is 43.7 Å². The number of amides is 1. The van der Waals surface area contributed by atoms with E-state index in [1.165, 1.54) is 17.4 Å². The summed E-state index contributed by atoms with van der Waals surface area (Å²) < 4.78 is 6.72. The van der Waals surface area contributed by atoms with Crippen molar-refractivity contribution in [3.05, 3.63) is 69.7 Å². The molecule has 1 aromatic heterocycles. The van der Waals surface area contributed by atoms with E-state index in [1.54, 1.807) is 18.2 Å². The molecule has 1 atom stereocenters. The summed E-state index contributed by atoms with van der Waals surface area (Å²) in [4.78, 5) is 24.8. The number of nitrogens with zero attached hydrogens (tertiary/aromatic N) is 1. The van der Waals surface area contributed by atoms with E-state index in [9.17, 15) is 9.59 Å². The van der Waals surface area contributed by atoms with Crippen LogP contribution >= 0.6 is 11.6 Å². The summed E-state index contributed by atoms with van der Waals surface area (Å²) in [5, 5.41) is 3.72. The maximum absolute atomic E-state index is 12.7. The summed E-state index contributed by atoms with van der Waals surface area (Å²) in [6.45, 7) is 0.269. The molecule has 1 saturated carbocycles. The molecule has 1 aliphatic carbocycles. The smallest absolute Gasteiger partial charge is 0.408 e. The zero-order valence-electron chi connectivity index (χ0n) is 15.6. The van der Waals surface area contributed by atoms with Crippen LogP contribution < -0.4 is 11.1 Å². The fourth-order valence-electron chi connectivity index (χ4n) is 4.14. The van der Waals surface area contributed by atoms with Crippen LogP contribution in [0.25, 0.3) is 11.1 Å². The fourth-order valence-corrected chi connectivity index (χ4v) is 4.30. The van der Waals surface area contributed by atoms with Gasteiger partial charge in [-0.05, 0) is 36.5 Å². The van der Waals surface area contributed by atoms with E-state index in [4.69, 9.17) is 16.0 Å². The van der Waals surface area contributed by atoms with E-state index in [2.05, 4.69) is 17.4 Å². The van der Waals surface area contributed by atoms with Crippen molar-refractivity contribution in [3.8, 4) is 0 Å². The third-order valence-corrected chi connectivity index (χ3v) is 5.77. The van der Waals surface area contributed by atoms with Crippen molar-refractivity contribution >= 4 is 28.6 Å². The average molecular weight is 399 g/mol. The molecule has 146 valence electrons. The monoisotopic (exact) mass is 398 g/mol. The van der Waals surface area contributed by atoms with Gasteiger partial charge < -0.3 is 9.73 Å². The number of carbonyl (C=O) groups excluding carboxylic acids is 1. The molecule has 4 rings (SSSR count). The van der Waals surface area contributed by atoms with Crippen LogP contribution in [0.5, 0.6) is 0 Å². The van der Waals surface area contributed by atoms with E-state index < -0.39 is 5.76 Å². The molecule has 1 fully saturated rings. The zero-order chi connectivity index (χ0) is 19.5. The van der Waals surface area contributed by atoms with Crippen molar-refractivity contribution in [1.82, 2.24) is 9.88 Å². The minimum absolute atomic E-state index is 0.0211. The van der Waals surface area contributed by atoms with E-state index in [1.807, 2.05) is 18.2 Å². The summed E-state index contributed by atoms with van der Waals surface area (Å²) in [6, 6.07) is 15.2. The molecule has 0 bridgehead atoms. The van der Waals surface area contributed by atoms with Crippen LogP contribution in [-0.2, 0) is 11.3 Å². The molecule has 6 heteroatoms. The van der Waals surface area contributed by atoms with Crippen LogP contribution in [0.15, 0.2) is 57.7 Å². The average Bonchev–Trinajstić information content (AvgIpc) is 3.32. The van der Waals surface area contributed by atoms with Gasteiger partial charge in [0.05, 0.1) is 11.6 Å². The second-order valence-corrected chi connectivity index (χ2v) is 7.82. The highest BCUT2D eigenvalue weighted by molar-refractivity contribution is 6.31. The second kappa shape index (κ2) is 8.23. The first kappa shape index (κ1) is 18.8. The zero-order valence-corrected chi connectivity index (χ0v) is 16.3. The maximum atomic E-state index is 12.7. The van der Waals surface area contributed by atoms with Gasteiger partial charge in [-0.2, -0.15) is 0 Å². The van der Waals surface area contributed by atoms with Gasteiger partial charge in [0.2, 0.25) is 5.91 Å². The van der Waals surface area contributed by atoms with Crippen molar-refractivity contribution in [2.75, 3.05) is 0 Å². The number of hydrogen-bond donors (Lipinski definition) is 1. The molecule has 1 heterocycles. The Hall–Kier alpha value is -2.53. The van der Waals surface area contributed by atoms with Crippen LogP contribution in [0.3, 0.4) is 0 Å². The number of halogens is 1. The number of oxazole rings is 1. The molecular weight excluding hydrogens is 376 g/mol. The molecule has 1 amide bonds. The lowest BCUT2D eigenvalue weighted by Gasteiger charge is -2.25. The van der Waals surface area contributed by atoms with Crippen LogP contribution in [0.2, 0.25) is 5.02 Å². The molecule has 1 N–H and O–H groups in total. The molecule has 28 heavy (non-hydrogen) atoms. The summed E-state index contributed by atoms with van der Waals surface area (Å²) in [7, 11) is 0. The fraction of sp³-hybridized carbons (Fsp3) is 0.364. The Morgan fingerprint density at radius 2 is 1.93 bits per heavy atom. The molecule has 1 unspecified atom stereocenters. The van der Waals surface area contributed by atoms with Crippen molar-refractivity contribution in [2.24, 2.45) is 5.92 Å². The third-order valence-electron chi connectivity index (χ3n) is 5.54. The Labute approximate surface area is 168 Å². The minimum atomic E-state index is -0.472. The van der Waals surface area contributed by atoms with E-state index in [-0.39, 0.29) is 24.9 Å². The van der Waals surface area contributed by atoms with Gasteiger partial charge in [-0.25, -0.2) is 4.79 Å². The Kier molecular flexibility index (Phi) is 5.53. The van der Waals surface area contributed by atoms with E-state index in [0.29, 0.717) is 22.0 Å². The van der Waals surface area contributed by atoms with E-state index in [0.717, 1.165) is 18.4 Å². The van der Waals surface area contributed by atoms with Crippen molar-refractivity contribution < 1.29 is 9.21 Å². The first-order valence-corrected chi connectivity index (χ1v) is 10.1. The molecule has 1 aliphatic rings. The number of aromatic nitrogens is 1. The number of benzene rings is 2. The largest absolute Gasteiger partial charge is 0.419 e. The number of fused-ring (bicyclic) bond motifs is 1. The summed E-state index contributed by atoms with van der Waals surface area (Å²) in [6.07, 6.45) is 4.90. The number of hydrogen-bond acceptors (Lipinski definition) is 3. The van der Waals surface area contributed by atoms with Gasteiger partial charge in [-0.3, -0.25) is 9.36 Å². The molecule has 0 saturated heterocycles. The highest BCUT2D eigenvalue weighted by atomic mass is 35.5. The maximum Gasteiger partial charge on any atom is 0.419 e. The first-order valence-electron chi connectivity index (χ1n) is 9.75. The van der Waals surface area contributed by atoms with Crippen LogP contribution in [0.4, 0.5) is 0 Å². The second-order valence-electron chi connectivity index (χ2n) is 7.38. The van der Waals surface area contributed by atoms with Gasteiger partial charge in [0, 0.05) is 24.1 Å². The quantitative estimate of drug-likeness (QED) is 0.655. The lowest BCUT2D eigenvalue weighted by Crippen LogP contribution is -2.33. The molecule has 3 aromatic rings. The third kappa shape index (κ3) is 3.99. The standard InChI is InChI=1S/C22H23ClN2O3/c23-17-10-11-18-19(14-17)28-22(27)25(18)13-12-20(26)24-21(16-8-4-5-9-16)15-6-2-1-3-7-15/h1-3,6-7,10-11,14,16,21H,4-5,8-9,12-13H2,(H,24,26). The van der Waals surface area contributed by atoms with Gasteiger partial charge in [0.1, 0.15) is 0 Å². The van der Waals surface area contributed by atoms with Crippen LogP contribution in [0, 0.1) is 5.92 Å². The Morgan fingerprint density at radius 1 is 1.18 bits per heavy atom. The summed E-state index contributed by atoms with van der Waals surface area (Å²) in [5.74, 6) is -0.0672. The number of rotatable bonds is 6. The highest BCUT2D eigenvalue weighted by Gasteiger charge is 2.27. The Morgan fingerprint density at radius 3 is 2.68 bits per heavy atom. The molecule has 5 nitrogen and oxygen atoms in total. The summed E-state index contributed by atoms with van der Waals surface area (Å²) >= 11 is 5.95. The van der Waals surface area contributed by atoms with Crippen molar-refractivity contribution in [1.29, 1.82) is 0 Å². The lowest BCUT2D eigenvalue weighted by atomic mass is 9.91. The topological polar surface area (TPSA) is 64.2 Å². The van der Waals surface area contributed by atoms with Gasteiger partial charge in [-0.15, -0.1) is 0 Å². The summed E-state index contributed by atoms with van der Waals surface area (Å²) in [5.41, 5.74) is 2.23. The molecular formula is C22H23ClN2O3. The predicted octanol–water partition coefficient (Wildman–Crippen LogP) is 4.69. The van der Waals surface area contributed by atoms with Gasteiger partial charge >= 0.3 is 5.76 Å². The van der Waals surface area contributed by atoms with Gasteiger partial charge in [0.25, 0.3) is 0 Å². The van der Waals surface area contributed by atoms with Crippen LogP contribution in [-0.4, -0.2) is 10.5 Å². The van der Waals surface area contributed by atoms with Gasteiger partial charge in [-0.1, -0.05) is 54.8 Å².